The molecular formula is C21H22F3NO5S. The lowest BCUT2D eigenvalue weighted by Crippen LogP contribution is -2.32. The summed E-state index contributed by atoms with van der Waals surface area (Å²) in [5, 5.41) is 0. The number of amides is 1. The normalized spacial score (nSPS) is 14.8. The zero-order valence-electron chi connectivity index (χ0n) is 17.2. The van der Waals surface area contributed by atoms with Crippen LogP contribution in [0.3, 0.4) is 0 Å². The largest absolute Gasteiger partial charge is 0.494 e. The molecule has 3 rings (SSSR count). The summed E-state index contributed by atoms with van der Waals surface area (Å²) in [5.41, 5.74) is 1.49. The molecule has 0 aromatic heterocycles. The number of carbonyl (C=O) groups excluding carboxylic acids is 1. The van der Waals surface area contributed by atoms with Gasteiger partial charge in [-0.05, 0) is 55.3 Å². The van der Waals surface area contributed by atoms with Crippen LogP contribution in [0.25, 0.3) is 0 Å². The van der Waals surface area contributed by atoms with Gasteiger partial charge in [0.25, 0.3) is 5.91 Å². The summed E-state index contributed by atoms with van der Waals surface area (Å²) in [6.07, 6.45) is -5.86. The first-order valence-electron chi connectivity index (χ1n) is 9.51. The van der Waals surface area contributed by atoms with Crippen molar-refractivity contribution in [3.05, 3.63) is 53.1 Å². The fourth-order valence-electron chi connectivity index (χ4n) is 3.21. The molecule has 0 saturated carbocycles. The van der Waals surface area contributed by atoms with Crippen molar-refractivity contribution < 1.29 is 35.9 Å². The zero-order valence-corrected chi connectivity index (χ0v) is 18.0. The second-order valence-electron chi connectivity index (χ2n) is 7.26. The second kappa shape index (κ2) is 8.41. The van der Waals surface area contributed by atoms with Crippen LogP contribution >= 0.6 is 0 Å². The molecule has 168 valence electrons. The number of rotatable bonds is 6. The van der Waals surface area contributed by atoms with Crippen LogP contribution in [0.1, 0.15) is 35.3 Å². The number of fused-ring (bicyclic) bond motifs is 1. The minimum atomic E-state index is -4.64. The van der Waals surface area contributed by atoms with Crippen molar-refractivity contribution in [2.45, 2.75) is 44.1 Å². The van der Waals surface area contributed by atoms with Gasteiger partial charge in [0.05, 0.1) is 17.1 Å². The monoisotopic (exact) mass is 457 g/mol. The summed E-state index contributed by atoms with van der Waals surface area (Å²) in [7, 11) is -3.69. The molecule has 0 radical (unpaired) electrons. The molecule has 0 bridgehead atoms. The molecule has 1 amide bonds. The van der Waals surface area contributed by atoms with Crippen LogP contribution in [0, 0.1) is 0 Å². The predicted octanol–water partition coefficient (Wildman–Crippen LogP) is 3.97. The van der Waals surface area contributed by atoms with Crippen molar-refractivity contribution in [2.75, 3.05) is 12.9 Å². The molecule has 10 heteroatoms. The van der Waals surface area contributed by atoms with Crippen molar-refractivity contribution in [1.82, 2.24) is 4.90 Å². The summed E-state index contributed by atoms with van der Waals surface area (Å²) in [4.78, 5) is 14.4. The van der Waals surface area contributed by atoms with Crippen LogP contribution in [0.5, 0.6) is 11.5 Å². The highest BCUT2D eigenvalue weighted by molar-refractivity contribution is 7.90. The molecule has 1 atom stereocenters. The third-order valence-electron chi connectivity index (χ3n) is 4.87. The highest BCUT2D eigenvalue weighted by Gasteiger charge is 2.39. The number of alkyl halides is 3. The van der Waals surface area contributed by atoms with E-state index in [1.165, 1.54) is 4.90 Å². The third kappa shape index (κ3) is 5.12. The topological polar surface area (TPSA) is 72.9 Å². The van der Waals surface area contributed by atoms with Gasteiger partial charge in [-0.25, -0.2) is 8.42 Å². The number of sulfone groups is 1. The first-order chi connectivity index (χ1) is 14.4. The molecule has 0 spiro atoms. The van der Waals surface area contributed by atoms with Crippen LogP contribution in [0.4, 0.5) is 13.2 Å². The van der Waals surface area contributed by atoms with Crippen LogP contribution in [-0.4, -0.2) is 44.4 Å². The molecule has 1 aliphatic heterocycles. The van der Waals surface area contributed by atoms with Gasteiger partial charge in [-0.2, -0.15) is 13.2 Å². The predicted molar refractivity (Wildman–Crippen MR) is 107 cm³/mol. The van der Waals surface area contributed by atoms with Gasteiger partial charge in [0, 0.05) is 19.3 Å². The molecule has 0 unspecified atom stereocenters. The van der Waals surface area contributed by atoms with E-state index in [1.54, 1.807) is 6.07 Å². The number of ether oxygens (including phenoxy) is 2. The van der Waals surface area contributed by atoms with Crippen molar-refractivity contribution >= 4 is 15.7 Å². The molecule has 0 saturated heterocycles. The van der Waals surface area contributed by atoms with Gasteiger partial charge >= 0.3 is 6.18 Å². The molecule has 2 aromatic rings. The number of carbonyl (C=O) groups is 1. The maximum Gasteiger partial charge on any atom is 0.425 e. The van der Waals surface area contributed by atoms with Crippen molar-refractivity contribution in [1.29, 1.82) is 0 Å². The number of benzene rings is 2. The average Bonchev–Trinajstić information content (AvgIpc) is 3.09. The van der Waals surface area contributed by atoms with E-state index in [2.05, 4.69) is 0 Å². The van der Waals surface area contributed by atoms with E-state index in [-0.39, 0.29) is 29.3 Å². The lowest BCUT2D eigenvalue weighted by atomic mass is 10.1. The van der Waals surface area contributed by atoms with Crippen LogP contribution in [0.2, 0.25) is 0 Å². The second-order valence-corrected chi connectivity index (χ2v) is 9.27. The minimum absolute atomic E-state index is 0.182. The number of halogens is 3. The van der Waals surface area contributed by atoms with E-state index >= 15 is 0 Å². The van der Waals surface area contributed by atoms with Gasteiger partial charge in [-0.1, -0.05) is 6.07 Å². The molecule has 0 fully saturated rings. The molecule has 2 aromatic carbocycles. The Kier molecular flexibility index (Phi) is 6.22. The van der Waals surface area contributed by atoms with Gasteiger partial charge in [0.1, 0.15) is 11.5 Å². The smallest absolute Gasteiger partial charge is 0.425 e. The van der Waals surface area contributed by atoms with Crippen LogP contribution in [-0.2, 0) is 22.9 Å². The fraction of sp³-hybridized carbons (Fsp3) is 0.381. The summed E-state index contributed by atoms with van der Waals surface area (Å²) in [5.74, 6) is -0.296. The summed E-state index contributed by atoms with van der Waals surface area (Å²) >= 11 is 0. The lowest BCUT2D eigenvalue weighted by Gasteiger charge is -2.22. The van der Waals surface area contributed by atoms with Gasteiger partial charge in [0.15, 0.2) is 15.9 Å². The molecule has 0 aliphatic carbocycles. The van der Waals surface area contributed by atoms with Crippen LogP contribution in [0.15, 0.2) is 41.3 Å². The Balaban J connectivity index is 1.94. The standard InChI is InChI=1S/C21H22F3NO5S/c1-4-29-16-6-5-14-11-25(12-15(14)9-16)20(26)18-10-17(31(3,27)28)7-8-19(18)30-13(2)21(22,23)24/h5-10,13H,4,11-12H2,1-3H3/t13-/m0/s1. The molecule has 1 heterocycles. The Morgan fingerprint density at radius 2 is 1.81 bits per heavy atom. The first-order valence-corrected chi connectivity index (χ1v) is 11.4. The van der Waals surface area contributed by atoms with E-state index in [9.17, 15) is 26.4 Å². The summed E-state index contributed by atoms with van der Waals surface area (Å²) in [6.45, 7) is 3.60. The average molecular weight is 457 g/mol. The van der Waals surface area contributed by atoms with Gasteiger partial charge in [-0.15, -0.1) is 0 Å². The third-order valence-corrected chi connectivity index (χ3v) is 5.98. The first kappa shape index (κ1) is 22.9. The lowest BCUT2D eigenvalue weighted by molar-refractivity contribution is -0.189. The maximum atomic E-state index is 13.2. The van der Waals surface area contributed by atoms with E-state index < -0.39 is 28.0 Å². The number of hydrogen-bond donors (Lipinski definition) is 0. The Hall–Kier alpha value is -2.75. The van der Waals surface area contributed by atoms with Gasteiger partial charge < -0.3 is 14.4 Å². The van der Waals surface area contributed by atoms with Crippen molar-refractivity contribution in [2.24, 2.45) is 0 Å². The Bertz CT molecular complexity index is 1100. The maximum absolute atomic E-state index is 13.2. The van der Waals surface area contributed by atoms with E-state index in [4.69, 9.17) is 9.47 Å². The molecule has 0 N–H and O–H groups in total. The van der Waals surface area contributed by atoms with Gasteiger partial charge in [-0.3, -0.25) is 4.79 Å². The zero-order chi connectivity index (χ0) is 23.0. The molecular weight excluding hydrogens is 435 g/mol. The quantitative estimate of drug-likeness (QED) is 0.656. The van der Waals surface area contributed by atoms with E-state index in [0.717, 1.165) is 42.5 Å². The number of nitrogens with zero attached hydrogens (tertiary/aromatic N) is 1. The Morgan fingerprint density at radius 1 is 1.13 bits per heavy atom. The Labute approximate surface area is 178 Å². The van der Waals surface area contributed by atoms with Crippen LogP contribution < -0.4 is 9.47 Å². The molecule has 6 nitrogen and oxygen atoms in total. The number of hydrogen-bond acceptors (Lipinski definition) is 5. The van der Waals surface area contributed by atoms with Gasteiger partial charge in [0.2, 0.25) is 0 Å². The molecule has 31 heavy (non-hydrogen) atoms. The SMILES string of the molecule is CCOc1ccc2c(c1)CN(C(=O)c1cc(S(C)(=O)=O)ccc1O[C@@H](C)C(F)(F)F)C2. The summed E-state index contributed by atoms with van der Waals surface area (Å²) < 4.78 is 73.3. The van der Waals surface area contributed by atoms with E-state index in [0.29, 0.717) is 12.4 Å². The highest BCUT2D eigenvalue weighted by Crippen LogP contribution is 2.33. The van der Waals surface area contributed by atoms with Crippen molar-refractivity contribution in [3.63, 3.8) is 0 Å². The summed E-state index contributed by atoms with van der Waals surface area (Å²) in [6, 6.07) is 8.68. The Morgan fingerprint density at radius 3 is 2.42 bits per heavy atom. The fourth-order valence-corrected chi connectivity index (χ4v) is 3.86. The van der Waals surface area contributed by atoms with E-state index in [1.807, 2.05) is 19.1 Å². The minimum Gasteiger partial charge on any atom is -0.494 e. The van der Waals surface area contributed by atoms with Crippen molar-refractivity contribution in [3.8, 4) is 11.5 Å². The highest BCUT2D eigenvalue weighted by atomic mass is 32.2. The molecule has 1 aliphatic rings.